The third kappa shape index (κ3) is 5.20. The van der Waals surface area contributed by atoms with Crippen LogP contribution in [0.25, 0.3) is 0 Å². The largest absolute Gasteiger partial charge is 0.479 e. The van der Waals surface area contributed by atoms with Crippen LogP contribution in [0.15, 0.2) is 60.7 Å². The van der Waals surface area contributed by atoms with Crippen LogP contribution >= 0.6 is 15.9 Å². The average Bonchev–Trinajstić information content (AvgIpc) is 2.77. The van der Waals surface area contributed by atoms with Crippen molar-refractivity contribution in [2.45, 2.75) is 24.5 Å². The smallest absolute Gasteiger partial charge is 0.345 e. The maximum Gasteiger partial charge on any atom is 0.345 e. The first-order valence-electron chi connectivity index (χ1n) is 9.37. The quantitative estimate of drug-likeness (QED) is 0.627. The molecule has 1 unspecified atom stereocenters. The Balaban J connectivity index is 0.000000213. The van der Waals surface area contributed by atoms with Gasteiger partial charge >= 0.3 is 5.97 Å². The second-order valence-corrected chi connectivity index (χ2v) is 6.95. The van der Waals surface area contributed by atoms with E-state index in [9.17, 15) is 20.1 Å². The zero-order valence-electron chi connectivity index (χ0n) is 16.0. The molecule has 0 amide bonds. The van der Waals surface area contributed by atoms with Gasteiger partial charge < -0.3 is 20.2 Å². The summed E-state index contributed by atoms with van der Waals surface area (Å²) in [7, 11) is 0. The summed E-state index contributed by atoms with van der Waals surface area (Å²) < 4.78 is 0. The lowest BCUT2D eigenvalue weighted by Crippen LogP contribution is -2.50. The Kier molecular flexibility index (Phi) is 8.63. The molecule has 5 nitrogen and oxygen atoms in total. The van der Waals surface area contributed by atoms with Gasteiger partial charge in [0.15, 0.2) is 0 Å². The Labute approximate surface area is 174 Å². The molecule has 3 heterocycles. The number of carbonyl (C=O) groups is 1. The van der Waals surface area contributed by atoms with Crippen molar-refractivity contribution in [3.63, 3.8) is 0 Å². The number of benzene rings is 2. The first-order chi connectivity index (χ1) is 13.5. The fourth-order valence-electron chi connectivity index (χ4n) is 3.71. The summed E-state index contributed by atoms with van der Waals surface area (Å²) in [5, 5.41) is 29.1. The number of aliphatic hydroxyl groups is 2. The first kappa shape index (κ1) is 22.6. The predicted molar refractivity (Wildman–Crippen MR) is 114 cm³/mol. The molecule has 0 saturated carbocycles. The molecule has 3 fully saturated rings. The Bertz CT molecular complexity index is 678. The molecular weight excluding hydrogens is 422 g/mol. The first-order valence-corrected chi connectivity index (χ1v) is 11.0. The SMILES string of the molecule is CBr.O=C(O)C(O)(c1ccccc1)c1ccccc1.OC1CN2CCC1CC2. The van der Waals surface area contributed by atoms with Crippen molar-refractivity contribution >= 4 is 21.9 Å². The number of hydrogen-bond donors (Lipinski definition) is 3. The van der Waals surface area contributed by atoms with Crippen LogP contribution < -0.4 is 0 Å². The monoisotopic (exact) mass is 449 g/mol. The minimum absolute atomic E-state index is 0.00694. The molecule has 2 aromatic carbocycles. The Hall–Kier alpha value is -1.73. The molecule has 3 N–H and O–H groups in total. The van der Waals surface area contributed by atoms with E-state index in [0.29, 0.717) is 17.0 Å². The lowest BCUT2D eigenvalue weighted by atomic mass is 9.86. The molecule has 152 valence electrons. The predicted octanol–water partition coefficient (Wildman–Crippen LogP) is 3.09. The summed E-state index contributed by atoms with van der Waals surface area (Å²) in [6.45, 7) is 3.38. The second kappa shape index (κ2) is 10.7. The number of piperidine rings is 3. The van der Waals surface area contributed by atoms with E-state index in [4.69, 9.17) is 0 Å². The van der Waals surface area contributed by atoms with Crippen LogP contribution in [-0.2, 0) is 10.4 Å². The van der Waals surface area contributed by atoms with E-state index < -0.39 is 11.6 Å². The highest BCUT2D eigenvalue weighted by Gasteiger charge is 2.39. The van der Waals surface area contributed by atoms with E-state index in [1.165, 1.54) is 25.9 Å². The number of aliphatic carboxylic acids is 1. The van der Waals surface area contributed by atoms with Crippen molar-refractivity contribution in [2.24, 2.45) is 5.92 Å². The highest BCUT2D eigenvalue weighted by molar-refractivity contribution is 9.08. The highest BCUT2D eigenvalue weighted by Crippen LogP contribution is 2.29. The fourth-order valence-corrected chi connectivity index (χ4v) is 3.71. The molecule has 6 heteroatoms. The van der Waals surface area contributed by atoms with Crippen molar-refractivity contribution in [2.75, 3.05) is 25.5 Å². The number of carboxylic acid groups (broad SMARTS) is 1. The topological polar surface area (TPSA) is 81.0 Å². The number of carboxylic acids is 1. The summed E-state index contributed by atoms with van der Waals surface area (Å²) in [6.07, 6.45) is 2.44. The standard InChI is InChI=1S/C14H12O3.C7H13NO.CH3Br/c15-13(16)14(17,11-7-3-1-4-8-11)12-9-5-2-6-10-12;9-7-5-8-3-1-6(7)2-4-8;1-2/h1-10,17H,(H,15,16);6-7,9H,1-5H2;1H3. The third-order valence-corrected chi connectivity index (χ3v) is 5.31. The minimum atomic E-state index is -2.00. The van der Waals surface area contributed by atoms with Crippen molar-refractivity contribution in [1.29, 1.82) is 0 Å². The zero-order chi connectivity index (χ0) is 20.6. The van der Waals surface area contributed by atoms with Crippen LogP contribution in [0.5, 0.6) is 0 Å². The Morgan fingerprint density at radius 2 is 1.39 bits per heavy atom. The molecule has 3 saturated heterocycles. The van der Waals surface area contributed by atoms with Gasteiger partial charge in [-0.15, -0.1) is 0 Å². The molecule has 3 aliphatic rings. The molecule has 28 heavy (non-hydrogen) atoms. The van der Waals surface area contributed by atoms with Gasteiger partial charge in [-0.05, 0) is 48.8 Å². The van der Waals surface area contributed by atoms with Crippen LogP contribution in [0.2, 0.25) is 0 Å². The highest BCUT2D eigenvalue weighted by atomic mass is 79.9. The van der Waals surface area contributed by atoms with Crippen molar-refractivity contribution in [3.05, 3.63) is 71.8 Å². The number of nitrogens with zero attached hydrogens (tertiary/aromatic N) is 1. The van der Waals surface area contributed by atoms with Gasteiger partial charge in [-0.25, -0.2) is 4.79 Å². The van der Waals surface area contributed by atoms with E-state index >= 15 is 0 Å². The van der Waals surface area contributed by atoms with Gasteiger partial charge in [0.2, 0.25) is 5.60 Å². The van der Waals surface area contributed by atoms with Gasteiger partial charge in [0, 0.05) is 6.54 Å². The molecular formula is C22H28BrNO4. The summed E-state index contributed by atoms with van der Waals surface area (Å²) in [5.74, 6) is 1.16. The molecule has 3 aliphatic heterocycles. The Morgan fingerprint density at radius 1 is 0.964 bits per heavy atom. The number of aliphatic hydroxyl groups excluding tert-OH is 1. The number of fused-ring (bicyclic) bond motifs is 3. The van der Waals surface area contributed by atoms with E-state index in [1.54, 1.807) is 60.7 Å². The normalized spacial score (nSPS) is 22.9. The molecule has 1 atom stereocenters. The second-order valence-electron chi connectivity index (χ2n) is 6.95. The summed E-state index contributed by atoms with van der Waals surface area (Å²) in [5.41, 5.74) is -1.31. The number of alkyl halides is 1. The lowest BCUT2D eigenvalue weighted by Gasteiger charge is -2.42. The van der Waals surface area contributed by atoms with Crippen LogP contribution in [0, 0.1) is 5.92 Å². The summed E-state index contributed by atoms with van der Waals surface area (Å²) >= 11 is 2.94. The summed E-state index contributed by atoms with van der Waals surface area (Å²) in [6, 6.07) is 16.7. The van der Waals surface area contributed by atoms with E-state index in [1.807, 2.05) is 5.83 Å². The summed E-state index contributed by atoms with van der Waals surface area (Å²) in [4.78, 5) is 13.7. The van der Waals surface area contributed by atoms with Crippen LogP contribution in [0.4, 0.5) is 0 Å². The van der Waals surface area contributed by atoms with Crippen molar-refractivity contribution in [3.8, 4) is 0 Å². The lowest BCUT2D eigenvalue weighted by molar-refractivity contribution is -0.155. The van der Waals surface area contributed by atoms with Crippen LogP contribution in [0.3, 0.4) is 0 Å². The van der Waals surface area contributed by atoms with Gasteiger partial charge in [-0.1, -0.05) is 76.6 Å². The van der Waals surface area contributed by atoms with Crippen molar-refractivity contribution < 1.29 is 20.1 Å². The molecule has 0 spiro atoms. The molecule has 0 aromatic heterocycles. The number of rotatable bonds is 3. The van der Waals surface area contributed by atoms with Crippen LogP contribution in [0.1, 0.15) is 24.0 Å². The molecule has 0 aliphatic carbocycles. The minimum Gasteiger partial charge on any atom is -0.479 e. The third-order valence-electron chi connectivity index (χ3n) is 5.31. The van der Waals surface area contributed by atoms with E-state index in [-0.39, 0.29) is 6.10 Å². The van der Waals surface area contributed by atoms with E-state index in [0.717, 1.165) is 6.54 Å². The molecule has 2 aromatic rings. The van der Waals surface area contributed by atoms with Gasteiger partial charge in [0.1, 0.15) is 0 Å². The molecule has 5 rings (SSSR count). The fraction of sp³-hybridized carbons (Fsp3) is 0.409. The maximum atomic E-state index is 11.4. The molecule has 0 radical (unpaired) electrons. The number of hydrogen-bond acceptors (Lipinski definition) is 4. The van der Waals surface area contributed by atoms with Crippen molar-refractivity contribution in [1.82, 2.24) is 4.90 Å². The molecule has 2 bridgehead atoms. The maximum absolute atomic E-state index is 11.4. The van der Waals surface area contributed by atoms with E-state index in [2.05, 4.69) is 20.8 Å². The van der Waals surface area contributed by atoms with Gasteiger partial charge in [0.05, 0.1) is 6.10 Å². The Morgan fingerprint density at radius 3 is 1.64 bits per heavy atom. The number of halogens is 1. The zero-order valence-corrected chi connectivity index (χ0v) is 17.6. The average molecular weight is 450 g/mol. The van der Waals surface area contributed by atoms with Gasteiger partial charge in [-0.2, -0.15) is 0 Å². The van der Waals surface area contributed by atoms with Crippen LogP contribution in [-0.4, -0.2) is 57.8 Å². The van der Waals surface area contributed by atoms with Gasteiger partial charge in [0.25, 0.3) is 0 Å². The van der Waals surface area contributed by atoms with Gasteiger partial charge in [-0.3, -0.25) is 0 Å².